The minimum atomic E-state index is -0.679. The molecule has 2 heterocycles. The van der Waals surface area contributed by atoms with E-state index in [-0.39, 0.29) is 42.5 Å². The molecule has 0 saturated carbocycles. The molecule has 0 saturated heterocycles. The Morgan fingerprint density at radius 1 is 1.24 bits per heavy atom. The molecule has 0 spiro atoms. The molecular weight excluding hydrogens is 428 g/mol. The number of nitrogens with two attached hydrogens (primary N) is 2. The highest BCUT2D eigenvalue weighted by Gasteiger charge is 2.22. The molecule has 33 heavy (non-hydrogen) atoms. The lowest BCUT2D eigenvalue weighted by Crippen LogP contribution is -2.38. The number of hydrogen-bond donors (Lipinski definition) is 3. The van der Waals surface area contributed by atoms with Gasteiger partial charge in [0.15, 0.2) is 11.2 Å². The zero-order chi connectivity index (χ0) is 24.4. The van der Waals surface area contributed by atoms with Gasteiger partial charge in [-0.2, -0.15) is 4.98 Å². The molecule has 0 fully saturated rings. The van der Waals surface area contributed by atoms with Gasteiger partial charge < -0.3 is 25.5 Å². The molecule has 0 aliphatic rings. The predicted octanol–water partition coefficient (Wildman–Crippen LogP) is 1.75. The van der Waals surface area contributed by atoms with Gasteiger partial charge >= 0.3 is 11.9 Å². The number of esters is 2. The number of nitrogen functional groups attached to an aromatic ring is 1. The fraction of sp³-hybridized carbons (Fsp3) is 0.682. The van der Waals surface area contributed by atoms with Gasteiger partial charge in [-0.25, -0.2) is 4.98 Å². The molecule has 11 nitrogen and oxygen atoms in total. The smallest absolute Gasteiger partial charge is 0.323 e. The predicted molar refractivity (Wildman–Crippen MR) is 124 cm³/mol. The van der Waals surface area contributed by atoms with Gasteiger partial charge in [0, 0.05) is 18.9 Å². The van der Waals surface area contributed by atoms with E-state index in [1.54, 1.807) is 4.57 Å². The number of nitrogens with zero attached hydrogens (tertiary/aromatic N) is 3. The molecule has 184 valence electrons. The first-order valence-electron chi connectivity index (χ1n) is 11.5. The monoisotopic (exact) mass is 464 g/mol. The quantitative estimate of drug-likeness (QED) is 0.278. The summed E-state index contributed by atoms with van der Waals surface area (Å²) in [7, 11) is 0. The Morgan fingerprint density at radius 2 is 2.00 bits per heavy atom. The molecular formula is C22H36N6O5. The molecule has 0 aliphatic heterocycles. The Bertz CT molecular complexity index is 972. The number of imidazole rings is 1. The number of unbranched alkanes of at least 4 members (excludes halogenated alkanes) is 2. The highest BCUT2D eigenvalue weighted by Crippen LogP contribution is 2.15. The van der Waals surface area contributed by atoms with Gasteiger partial charge in [-0.3, -0.25) is 19.4 Å². The molecule has 0 bridgehead atoms. The van der Waals surface area contributed by atoms with Crippen LogP contribution in [0.2, 0.25) is 0 Å². The Balaban J connectivity index is 2.05. The molecule has 0 amide bonds. The van der Waals surface area contributed by atoms with Crippen LogP contribution < -0.4 is 17.0 Å². The van der Waals surface area contributed by atoms with E-state index in [4.69, 9.17) is 20.9 Å². The van der Waals surface area contributed by atoms with Crippen LogP contribution >= 0.6 is 0 Å². The maximum Gasteiger partial charge on any atom is 0.323 e. The van der Waals surface area contributed by atoms with Crippen LogP contribution in [0.5, 0.6) is 0 Å². The van der Waals surface area contributed by atoms with Gasteiger partial charge in [0.05, 0.1) is 19.5 Å². The molecule has 5 N–H and O–H groups in total. The summed E-state index contributed by atoms with van der Waals surface area (Å²) in [5.41, 5.74) is 11.7. The summed E-state index contributed by atoms with van der Waals surface area (Å²) in [6.45, 7) is 6.55. The lowest BCUT2D eigenvalue weighted by molar-refractivity contribution is -0.149. The van der Waals surface area contributed by atoms with Crippen LogP contribution in [0.3, 0.4) is 0 Å². The molecule has 0 aliphatic carbocycles. The summed E-state index contributed by atoms with van der Waals surface area (Å²) in [5, 5.41) is 0. The normalized spacial score (nSPS) is 14.1. The number of carbonyl (C=O) groups is 2. The third kappa shape index (κ3) is 7.85. The van der Waals surface area contributed by atoms with E-state index < -0.39 is 17.6 Å². The van der Waals surface area contributed by atoms with Gasteiger partial charge in [0.1, 0.15) is 6.04 Å². The van der Waals surface area contributed by atoms with Crippen LogP contribution in [-0.4, -0.2) is 50.7 Å². The second-order valence-corrected chi connectivity index (χ2v) is 8.39. The van der Waals surface area contributed by atoms with Crippen LogP contribution in [0.1, 0.15) is 59.3 Å². The van der Waals surface area contributed by atoms with Crippen molar-refractivity contribution < 1.29 is 19.1 Å². The average molecular weight is 465 g/mol. The van der Waals surface area contributed by atoms with Crippen molar-refractivity contribution in [2.24, 2.45) is 17.6 Å². The first-order chi connectivity index (χ1) is 15.8. The van der Waals surface area contributed by atoms with Gasteiger partial charge in [-0.05, 0) is 18.8 Å². The summed E-state index contributed by atoms with van der Waals surface area (Å²) >= 11 is 0. The highest BCUT2D eigenvalue weighted by molar-refractivity contribution is 5.75. The van der Waals surface area contributed by atoms with Crippen molar-refractivity contribution in [2.75, 3.05) is 18.9 Å². The van der Waals surface area contributed by atoms with Crippen LogP contribution in [-0.2, 0) is 25.6 Å². The fourth-order valence-corrected chi connectivity index (χ4v) is 3.32. The number of aromatic nitrogens is 4. The zero-order valence-corrected chi connectivity index (χ0v) is 19.7. The number of ether oxygens (including phenoxy) is 2. The number of hydrogen-bond acceptors (Lipinski definition) is 9. The minimum Gasteiger partial charge on any atom is -0.465 e. The van der Waals surface area contributed by atoms with Gasteiger partial charge in [0.25, 0.3) is 5.56 Å². The number of fused-ring (bicyclic) bond motifs is 1. The number of nitrogens with one attached hydrogen (secondary N) is 1. The molecule has 2 rings (SSSR count). The molecule has 3 atom stereocenters. The third-order valence-corrected chi connectivity index (χ3v) is 5.71. The molecule has 0 aromatic carbocycles. The number of carbonyl (C=O) groups excluding carboxylic acids is 2. The summed E-state index contributed by atoms with van der Waals surface area (Å²) in [6.07, 6.45) is 5.82. The summed E-state index contributed by atoms with van der Waals surface area (Å²) < 4.78 is 12.5. The van der Waals surface area contributed by atoms with Crippen molar-refractivity contribution >= 4 is 29.1 Å². The van der Waals surface area contributed by atoms with Crippen molar-refractivity contribution in [1.29, 1.82) is 0 Å². The highest BCUT2D eigenvalue weighted by atomic mass is 16.5. The van der Waals surface area contributed by atoms with Crippen LogP contribution in [0.25, 0.3) is 11.2 Å². The van der Waals surface area contributed by atoms with Crippen molar-refractivity contribution in [3.05, 3.63) is 16.7 Å². The number of aromatic amines is 1. The van der Waals surface area contributed by atoms with E-state index in [1.165, 1.54) is 6.33 Å². The fourth-order valence-electron chi connectivity index (χ4n) is 3.32. The third-order valence-electron chi connectivity index (χ3n) is 5.71. The summed E-state index contributed by atoms with van der Waals surface area (Å²) in [6, 6.07) is -0.679. The second kappa shape index (κ2) is 12.9. The number of H-pyrrole nitrogens is 1. The second-order valence-electron chi connectivity index (χ2n) is 8.39. The molecule has 0 radical (unpaired) electrons. The summed E-state index contributed by atoms with van der Waals surface area (Å²) in [5.74, 6) is -0.912. The van der Waals surface area contributed by atoms with Crippen molar-refractivity contribution in [3.63, 3.8) is 0 Å². The topological polar surface area (TPSA) is 168 Å². The lowest BCUT2D eigenvalue weighted by Gasteiger charge is -2.20. The molecule has 1 unspecified atom stereocenters. The maximum absolute atomic E-state index is 12.2. The standard InChI is InChI=1S/C22H36N6O5/c1-4-6-7-8-16(29)33-12-15(9-10-32-21(31)17(23)14(3)5-2)11-28-13-25-18-19(28)26-22(24)27-20(18)30/h13-15,17H,4-12,23H2,1-3H3,(H3,24,26,27,30)/t14?,15-,17+/m1/s1. The molecule has 11 heteroatoms. The van der Waals surface area contributed by atoms with Gasteiger partial charge in [0.2, 0.25) is 5.95 Å². The van der Waals surface area contributed by atoms with Crippen LogP contribution in [0.15, 0.2) is 11.1 Å². The van der Waals surface area contributed by atoms with E-state index >= 15 is 0 Å². The average Bonchev–Trinajstić information content (AvgIpc) is 3.18. The van der Waals surface area contributed by atoms with E-state index in [0.717, 1.165) is 25.7 Å². The molecule has 2 aromatic rings. The Labute approximate surface area is 193 Å². The van der Waals surface area contributed by atoms with Gasteiger partial charge in [-0.1, -0.05) is 40.0 Å². The Hall–Kier alpha value is -2.95. The Morgan fingerprint density at radius 3 is 2.70 bits per heavy atom. The maximum atomic E-state index is 12.2. The number of anilines is 1. The Kier molecular flexibility index (Phi) is 10.3. The van der Waals surface area contributed by atoms with E-state index in [2.05, 4.69) is 21.9 Å². The van der Waals surface area contributed by atoms with Crippen LogP contribution in [0.4, 0.5) is 5.95 Å². The number of rotatable bonds is 14. The first kappa shape index (κ1) is 26.3. The van der Waals surface area contributed by atoms with Crippen LogP contribution in [0, 0.1) is 11.8 Å². The molecule has 2 aromatic heterocycles. The largest absolute Gasteiger partial charge is 0.465 e. The van der Waals surface area contributed by atoms with Gasteiger partial charge in [-0.15, -0.1) is 0 Å². The lowest BCUT2D eigenvalue weighted by atomic mass is 10.0. The minimum absolute atomic E-state index is 0.0129. The SMILES string of the molecule is CCCCCC(=O)OC[C@H](CCOC(=O)[C@@H](N)C(C)CC)Cn1cnc2c(=O)[nH]c(N)nc21. The van der Waals surface area contributed by atoms with E-state index in [0.29, 0.717) is 25.0 Å². The van der Waals surface area contributed by atoms with E-state index in [1.807, 2.05) is 13.8 Å². The first-order valence-corrected chi connectivity index (χ1v) is 11.5. The van der Waals surface area contributed by atoms with E-state index in [9.17, 15) is 14.4 Å². The van der Waals surface area contributed by atoms with Crippen molar-refractivity contribution in [2.45, 2.75) is 71.9 Å². The zero-order valence-electron chi connectivity index (χ0n) is 19.7. The summed E-state index contributed by atoms with van der Waals surface area (Å²) in [4.78, 5) is 47.0. The van der Waals surface area contributed by atoms with Crippen molar-refractivity contribution in [1.82, 2.24) is 19.5 Å². The van der Waals surface area contributed by atoms with Crippen molar-refractivity contribution in [3.8, 4) is 0 Å².